The Morgan fingerprint density at radius 2 is 1.67 bits per heavy atom. The second-order valence-electron chi connectivity index (χ2n) is 7.33. The van der Waals surface area contributed by atoms with Gasteiger partial charge in [0.25, 0.3) is 0 Å². The van der Waals surface area contributed by atoms with Crippen LogP contribution in [0.4, 0.5) is 0 Å². The van der Waals surface area contributed by atoms with Crippen LogP contribution in [0.1, 0.15) is 20.8 Å². The number of nitrogens with zero attached hydrogens (tertiary/aromatic N) is 2. The van der Waals surface area contributed by atoms with Gasteiger partial charge in [-0.15, -0.1) is 0 Å². The summed E-state index contributed by atoms with van der Waals surface area (Å²) in [5.74, 6) is 1.76. The lowest BCUT2D eigenvalue weighted by molar-refractivity contribution is -0.576. The average Bonchev–Trinajstić information content (AvgIpc) is 2.95. The van der Waals surface area contributed by atoms with Crippen molar-refractivity contribution in [3.8, 4) is 17.2 Å². The van der Waals surface area contributed by atoms with Crippen molar-refractivity contribution in [3.63, 3.8) is 0 Å². The third kappa shape index (κ3) is 1.75. The third-order valence-corrected chi connectivity index (χ3v) is 4.60. The zero-order valence-corrected chi connectivity index (χ0v) is 14.0. The minimum atomic E-state index is -0.0521. The minimum absolute atomic E-state index is 0.0521. The number of ether oxygens (including phenoxy) is 1. The van der Waals surface area contributed by atoms with Crippen molar-refractivity contribution in [1.82, 2.24) is 4.57 Å². The van der Waals surface area contributed by atoms with Crippen molar-refractivity contribution in [3.05, 3.63) is 60.9 Å². The van der Waals surface area contributed by atoms with Crippen molar-refractivity contribution < 1.29 is 9.30 Å². The number of hydrogen-bond acceptors (Lipinski definition) is 1. The van der Waals surface area contributed by atoms with Crippen molar-refractivity contribution in [2.75, 3.05) is 0 Å². The van der Waals surface area contributed by atoms with Gasteiger partial charge in [0.1, 0.15) is 11.5 Å². The summed E-state index contributed by atoms with van der Waals surface area (Å²) in [6.07, 6.45) is 3.55. The normalized spacial score (nSPS) is 13.1. The van der Waals surface area contributed by atoms with E-state index in [9.17, 15) is 0 Å². The Morgan fingerprint density at radius 1 is 0.917 bits per heavy atom. The molecule has 0 amide bonds. The van der Waals surface area contributed by atoms with E-state index in [1.54, 1.807) is 0 Å². The number of fused-ring (bicyclic) bond motifs is 3. The van der Waals surface area contributed by atoms with Crippen molar-refractivity contribution in [2.24, 2.45) is 0 Å². The van der Waals surface area contributed by atoms with Crippen LogP contribution in [-0.2, 0) is 5.54 Å². The predicted molar refractivity (Wildman–Crippen MR) is 94.9 cm³/mol. The summed E-state index contributed by atoms with van der Waals surface area (Å²) < 4.78 is 10.6. The molecule has 1 aromatic heterocycles. The number of hydrogen-bond donors (Lipinski definition) is 0. The molecule has 24 heavy (non-hydrogen) atoms. The zero-order valence-electron chi connectivity index (χ0n) is 14.0. The zero-order chi connectivity index (χ0) is 16.5. The van der Waals surface area contributed by atoms with Gasteiger partial charge in [-0.25, -0.2) is 0 Å². The summed E-state index contributed by atoms with van der Waals surface area (Å²) in [5, 5.41) is 2.39. The smallest absolute Gasteiger partial charge is 0.244 e. The lowest BCUT2D eigenvalue weighted by Gasteiger charge is -2.21. The highest BCUT2D eigenvalue weighted by atomic mass is 16.5. The third-order valence-electron chi connectivity index (χ3n) is 4.60. The van der Waals surface area contributed by atoms with Gasteiger partial charge in [0.15, 0.2) is 0 Å². The fourth-order valence-electron chi connectivity index (χ4n) is 3.47. The molecule has 3 nitrogen and oxygen atoms in total. The molecule has 2 heterocycles. The van der Waals surface area contributed by atoms with Crippen LogP contribution in [0.25, 0.3) is 27.5 Å². The van der Waals surface area contributed by atoms with Gasteiger partial charge in [-0.3, -0.25) is 0 Å². The second-order valence-corrected chi connectivity index (χ2v) is 7.33. The van der Waals surface area contributed by atoms with Gasteiger partial charge >= 0.3 is 0 Å². The number of para-hydroxylation sites is 1. The summed E-state index contributed by atoms with van der Waals surface area (Å²) in [6, 6.07) is 18.9. The van der Waals surface area contributed by atoms with Crippen LogP contribution in [-0.4, -0.2) is 4.57 Å². The fraction of sp³-hybridized carbons (Fsp3) is 0.190. The number of rotatable bonds is 0. The Kier molecular flexibility index (Phi) is 2.49. The largest absolute Gasteiger partial charge is 0.469 e. The van der Waals surface area contributed by atoms with Gasteiger partial charge in [0.05, 0.1) is 22.3 Å². The molecular formula is C21H18N2O. The first-order valence-electron chi connectivity index (χ1n) is 8.23. The van der Waals surface area contributed by atoms with Crippen LogP contribution in [0.5, 0.6) is 11.5 Å². The van der Waals surface area contributed by atoms with E-state index in [2.05, 4.69) is 78.7 Å². The molecule has 0 radical (unpaired) electrons. The first kappa shape index (κ1) is 13.6. The molecule has 0 atom stereocenters. The molecule has 0 N–H and O–H groups in total. The lowest BCUT2D eigenvalue weighted by atomic mass is 10.1. The first-order chi connectivity index (χ1) is 11.5. The van der Waals surface area contributed by atoms with Crippen molar-refractivity contribution in [1.29, 1.82) is 0 Å². The van der Waals surface area contributed by atoms with Crippen LogP contribution >= 0.6 is 0 Å². The van der Waals surface area contributed by atoms with E-state index in [1.165, 1.54) is 10.8 Å². The quantitative estimate of drug-likeness (QED) is 0.298. The molecule has 0 fully saturated rings. The summed E-state index contributed by atoms with van der Waals surface area (Å²) >= 11 is 0. The highest BCUT2D eigenvalue weighted by molar-refractivity contribution is 5.88. The van der Waals surface area contributed by atoms with Crippen LogP contribution < -0.4 is 9.30 Å². The maximum absolute atomic E-state index is 6.23. The van der Waals surface area contributed by atoms with Crippen molar-refractivity contribution in [2.45, 2.75) is 26.3 Å². The van der Waals surface area contributed by atoms with Crippen LogP contribution in [0.2, 0.25) is 0 Å². The lowest BCUT2D eigenvalue weighted by Crippen LogP contribution is -2.34. The standard InChI is InChI=1S/C21H18N2O/c1-21(2,3)23-13-22-17-11-14-7-4-5-8-15(14)12-19(17)24-18-10-6-9-16(23)20(18)22/h4-12H,1-3H3. The molecule has 1 aliphatic rings. The van der Waals surface area contributed by atoms with Gasteiger partial charge in [-0.1, -0.05) is 36.4 Å². The van der Waals surface area contributed by atoms with Gasteiger partial charge in [0, 0.05) is 0 Å². The Labute approximate surface area is 140 Å². The van der Waals surface area contributed by atoms with E-state index in [0.29, 0.717) is 0 Å². The molecule has 4 aromatic rings. The molecule has 118 valence electrons. The molecule has 3 aromatic carbocycles. The van der Waals surface area contributed by atoms with Gasteiger partial charge in [0.2, 0.25) is 6.33 Å². The van der Waals surface area contributed by atoms with E-state index in [4.69, 9.17) is 4.74 Å². The van der Waals surface area contributed by atoms with E-state index in [0.717, 1.165) is 28.2 Å². The average molecular weight is 314 g/mol. The molecule has 0 saturated heterocycles. The maximum atomic E-state index is 6.23. The van der Waals surface area contributed by atoms with Crippen LogP contribution in [0, 0.1) is 6.33 Å². The molecule has 0 bridgehead atoms. The van der Waals surface area contributed by atoms with E-state index in [1.807, 2.05) is 12.1 Å². The van der Waals surface area contributed by atoms with E-state index < -0.39 is 0 Å². The molecule has 0 spiro atoms. The summed E-state index contributed by atoms with van der Waals surface area (Å²) in [4.78, 5) is 0. The van der Waals surface area contributed by atoms with E-state index in [-0.39, 0.29) is 5.54 Å². The number of aromatic nitrogens is 2. The Morgan fingerprint density at radius 3 is 2.42 bits per heavy atom. The second kappa shape index (κ2) is 4.38. The molecular weight excluding hydrogens is 296 g/mol. The summed E-state index contributed by atoms with van der Waals surface area (Å²) in [5.41, 5.74) is 3.21. The maximum Gasteiger partial charge on any atom is 0.244 e. The highest BCUT2D eigenvalue weighted by Gasteiger charge is 2.26. The van der Waals surface area contributed by atoms with Crippen LogP contribution in [0.15, 0.2) is 54.6 Å². The summed E-state index contributed by atoms with van der Waals surface area (Å²) in [6.45, 7) is 6.58. The molecule has 0 unspecified atom stereocenters. The molecule has 0 saturated carbocycles. The fourth-order valence-corrected chi connectivity index (χ4v) is 3.47. The number of benzene rings is 3. The Hall–Kier alpha value is -2.81. The van der Waals surface area contributed by atoms with Gasteiger partial charge in [-0.2, -0.15) is 0 Å². The monoisotopic (exact) mass is 314 g/mol. The Bertz CT molecular complexity index is 1120. The molecule has 1 aliphatic heterocycles. The number of imidazole rings is 1. The topological polar surface area (TPSA) is 18.0 Å². The first-order valence-corrected chi connectivity index (χ1v) is 8.23. The van der Waals surface area contributed by atoms with Gasteiger partial charge < -0.3 is 13.9 Å². The SMILES string of the molecule is CC(C)(C)n1[c-][n+]2c3c(cccc31)Oc1cc3ccccc3cc1-2. The van der Waals surface area contributed by atoms with Crippen LogP contribution in [0.3, 0.4) is 0 Å². The highest BCUT2D eigenvalue weighted by Crippen LogP contribution is 2.38. The van der Waals surface area contributed by atoms with Gasteiger partial charge in [-0.05, 0) is 49.7 Å². The molecule has 3 heteroatoms. The Balaban J connectivity index is 1.91. The molecule has 5 rings (SSSR count). The molecule has 0 aliphatic carbocycles. The summed E-state index contributed by atoms with van der Waals surface area (Å²) in [7, 11) is 0. The predicted octanol–water partition coefficient (Wildman–Crippen LogP) is 4.73. The van der Waals surface area contributed by atoms with Crippen molar-refractivity contribution >= 4 is 21.8 Å². The van der Waals surface area contributed by atoms with E-state index >= 15 is 0 Å². The minimum Gasteiger partial charge on any atom is -0.469 e.